The average Bonchev–Trinajstić information content (AvgIpc) is 2.28. The minimum atomic E-state index is -0.729. The fourth-order valence-electron chi connectivity index (χ4n) is 1.41. The molecule has 1 aromatic rings. The van der Waals surface area contributed by atoms with Crippen molar-refractivity contribution in [1.82, 2.24) is 5.32 Å². The lowest BCUT2D eigenvalue weighted by Gasteiger charge is -2.14. The van der Waals surface area contributed by atoms with Crippen LogP contribution in [0.15, 0.2) is 18.2 Å². The second kappa shape index (κ2) is 7.37. The Morgan fingerprint density at radius 2 is 2.12 bits per heavy atom. The van der Waals surface area contributed by atoms with E-state index in [2.05, 4.69) is 12.2 Å². The molecule has 1 N–H and O–H groups in total. The Morgan fingerprint density at radius 1 is 1.41 bits per heavy atom. The molecule has 0 aromatic heterocycles. The van der Waals surface area contributed by atoms with E-state index >= 15 is 0 Å². The van der Waals surface area contributed by atoms with Crippen LogP contribution in [0.1, 0.15) is 18.9 Å². The van der Waals surface area contributed by atoms with Gasteiger partial charge in [-0.1, -0.05) is 35.3 Å². The van der Waals surface area contributed by atoms with Gasteiger partial charge < -0.3 is 5.32 Å². The van der Waals surface area contributed by atoms with E-state index < -0.39 is 10.8 Å². The van der Waals surface area contributed by atoms with Gasteiger partial charge in [0.2, 0.25) is 0 Å². The summed E-state index contributed by atoms with van der Waals surface area (Å²) in [6, 6.07) is 5.92. The Hall–Kier alpha value is -0.0900. The van der Waals surface area contributed by atoms with Crippen molar-refractivity contribution in [2.75, 3.05) is 12.0 Å². The van der Waals surface area contributed by atoms with Gasteiger partial charge in [0.25, 0.3) is 0 Å². The van der Waals surface area contributed by atoms with Crippen molar-refractivity contribution in [1.29, 1.82) is 0 Å². The predicted molar refractivity (Wildman–Crippen MR) is 76.3 cm³/mol. The van der Waals surface area contributed by atoms with Crippen molar-refractivity contribution in [2.24, 2.45) is 0 Å². The van der Waals surface area contributed by atoms with E-state index in [0.717, 1.165) is 17.7 Å². The summed E-state index contributed by atoms with van der Waals surface area (Å²) in [5.74, 6) is 0.720. The summed E-state index contributed by atoms with van der Waals surface area (Å²) in [5, 5.41) is 4.53. The fourth-order valence-corrected chi connectivity index (χ4v) is 2.49. The SMILES string of the molecule is CC(CCS(C)=O)NCc1cccc(Cl)c1Cl. The smallest absolute Gasteiger partial charge is 0.0637 e. The zero-order valence-electron chi connectivity index (χ0n) is 10.0. The van der Waals surface area contributed by atoms with Crippen LogP contribution in [0.4, 0.5) is 0 Å². The standard InChI is InChI=1S/C12H17Cl2NOS/c1-9(6-7-17(2)16)15-8-10-4-3-5-11(13)12(10)14/h3-5,9,15H,6-8H2,1-2H3. The van der Waals surface area contributed by atoms with Crippen molar-refractivity contribution in [3.63, 3.8) is 0 Å². The number of halogens is 2. The summed E-state index contributed by atoms with van der Waals surface area (Å²) in [6.45, 7) is 2.75. The lowest BCUT2D eigenvalue weighted by atomic mass is 10.2. The number of rotatable bonds is 6. The maximum absolute atomic E-state index is 11.0. The Kier molecular flexibility index (Phi) is 6.49. The molecule has 5 heteroatoms. The van der Waals surface area contributed by atoms with Gasteiger partial charge in [0, 0.05) is 35.4 Å². The molecule has 0 saturated heterocycles. The zero-order valence-corrected chi connectivity index (χ0v) is 12.3. The molecule has 0 spiro atoms. The van der Waals surface area contributed by atoms with Crippen LogP contribution in [0.2, 0.25) is 10.0 Å². The highest BCUT2D eigenvalue weighted by Crippen LogP contribution is 2.25. The molecule has 0 radical (unpaired) electrons. The maximum Gasteiger partial charge on any atom is 0.0637 e. The van der Waals surface area contributed by atoms with E-state index in [1.807, 2.05) is 12.1 Å². The third kappa shape index (κ3) is 5.38. The largest absolute Gasteiger partial charge is 0.310 e. The number of hydrogen-bond acceptors (Lipinski definition) is 2. The minimum Gasteiger partial charge on any atom is -0.310 e. The Labute approximate surface area is 115 Å². The Morgan fingerprint density at radius 3 is 2.76 bits per heavy atom. The lowest BCUT2D eigenvalue weighted by molar-refractivity contribution is 0.535. The van der Waals surface area contributed by atoms with Gasteiger partial charge in [0.1, 0.15) is 0 Å². The highest BCUT2D eigenvalue weighted by Gasteiger charge is 2.06. The summed E-state index contributed by atoms with van der Waals surface area (Å²) in [5.41, 5.74) is 0.989. The van der Waals surface area contributed by atoms with Crippen molar-refractivity contribution in [3.8, 4) is 0 Å². The molecule has 1 aromatic carbocycles. The van der Waals surface area contributed by atoms with Gasteiger partial charge in [-0.3, -0.25) is 4.21 Å². The Bertz CT molecular complexity index is 398. The summed E-state index contributed by atoms with van der Waals surface area (Å²) in [7, 11) is -0.729. The van der Waals surface area contributed by atoms with E-state index in [1.54, 1.807) is 12.3 Å². The number of hydrogen-bond donors (Lipinski definition) is 1. The van der Waals surface area contributed by atoms with Crippen molar-refractivity contribution < 1.29 is 4.21 Å². The van der Waals surface area contributed by atoms with Crippen LogP contribution in [0.3, 0.4) is 0 Å². The van der Waals surface area contributed by atoms with Gasteiger partial charge in [0.15, 0.2) is 0 Å². The third-order valence-electron chi connectivity index (χ3n) is 2.51. The van der Waals surface area contributed by atoms with Crippen LogP contribution in [0.25, 0.3) is 0 Å². The van der Waals surface area contributed by atoms with Crippen LogP contribution < -0.4 is 5.32 Å². The molecule has 2 atom stereocenters. The first-order valence-electron chi connectivity index (χ1n) is 5.47. The Balaban J connectivity index is 2.44. The second-order valence-corrected chi connectivity index (χ2v) is 6.40. The van der Waals surface area contributed by atoms with Gasteiger partial charge in [-0.05, 0) is 25.0 Å². The molecule has 0 fully saturated rings. The van der Waals surface area contributed by atoms with Gasteiger partial charge in [0.05, 0.1) is 10.0 Å². The molecule has 0 saturated carbocycles. The van der Waals surface area contributed by atoms with Crippen molar-refractivity contribution in [2.45, 2.75) is 25.9 Å². The van der Waals surface area contributed by atoms with Gasteiger partial charge in [-0.2, -0.15) is 0 Å². The summed E-state index contributed by atoms with van der Waals surface area (Å²) >= 11 is 12.0. The quantitative estimate of drug-likeness (QED) is 0.872. The number of nitrogens with one attached hydrogen (secondary N) is 1. The van der Waals surface area contributed by atoms with E-state index in [4.69, 9.17) is 23.2 Å². The molecule has 0 aliphatic carbocycles. The molecule has 0 aliphatic rings. The average molecular weight is 294 g/mol. The first-order chi connectivity index (χ1) is 8.00. The second-order valence-electron chi connectivity index (χ2n) is 4.06. The van der Waals surface area contributed by atoms with E-state index in [-0.39, 0.29) is 0 Å². The van der Waals surface area contributed by atoms with Crippen LogP contribution in [-0.2, 0) is 17.3 Å². The summed E-state index contributed by atoms with van der Waals surface area (Å²) in [4.78, 5) is 0. The van der Waals surface area contributed by atoms with Crippen LogP contribution >= 0.6 is 23.2 Å². The molecule has 2 unspecified atom stereocenters. The molecular formula is C12H17Cl2NOS. The third-order valence-corrected chi connectivity index (χ3v) is 4.18. The number of benzene rings is 1. The molecule has 2 nitrogen and oxygen atoms in total. The van der Waals surface area contributed by atoms with E-state index in [1.165, 1.54) is 0 Å². The van der Waals surface area contributed by atoms with E-state index in [0.29, 0.717) is 22.6 Å². The molecule has 0 heterocycles. The van der Waals surface area contributed by atoms with Crippen LogP contribution in [0.5, 0.6) is 0 Å². The molecule has 17 heavy (non-hydrogen) atoms. The highest BCUT2D eigenvalue weighted by atomic mass is 35.5. The fraction of sp³-hybridized carbons (Fsp3) is 0.500. The first-order valence-corrected chi connectivity index (χ1v) is 7.95. The summed E-state index contributed by atoms with van der Waals surface area (Å²) < 4.78 is 11.0. The molecule has 0 aliphatic heterocycles. The van der Waals surface area contributed by atoms with Crippen LogP contribution in [0, 0.1) is 0 Å². The minimum absolute atomic E-state index is 0.314. The van der Waals surface area contributed by atoms with Crippen molar-refractivity contribution in [3.05, 3.63) is 33.8 Å². The zero-order chi connectivity index (χ0) is 12.8. The van der Waals surface area contributed by atoms with Gasteiger partial charge in [-0.25, -0.2) is 0 Å². The van der Waals surface area contributed by atoms with E-state index in [9.17, 15) is 4.21 Å². The summed E-state index contributed by atoms with van der Waals surface area (Å²) in [6.07, 6.45) is 2.61. The van der Waals surface area contributed by atoms with Gasteiger partial charge >= 0.3 is 0 Å². The van der Waals surface area contributed by atoms with Crippen molar-refractivity contribution >= 4 is 34.0 Å². The molecule has 0 amide bonds. The monoisotopic (exact) mass is 293 g/mol. The highest BCUT2D eigenvalue weighted by molar-refractivity contribution is 7.84. The molecule has 96 valence electrons. The predicted octanol–water partition coefficient (Wildman–Crippen LogP) is 3.24. The van der Waals surface area contributed by atoms with Crippen LogP contribution in [-0.4, -0.2) is 22.3 Å². The lowest BCUT2D eigenvalue weighted by Crippen LogP contribution is -2.27. The first kappa shape index (κ1) is 15.0. The molecule has 0 bridgehead atoms. The van der Waals surface area contributed by atoms with Gasteiger partial charge in [-0.15, -0.1) is 0 Å². The molecular weight excluding hydrogens is 277 g/mol. The molecule has 1 rings (SSSR count). The topological polar surface area (TPSA) is 29.1 Å². The normalized spacial score (nSPS) is 14.6. The maximum atomic E-state index is 11.0.